The number of hydrogen-bond acceptors (Lipinski definition) is 5. The Labute approximate surface area is 185 Å². The summed E-state index contributed by atoms with van der Waals surface area (Å²) in [6.07, 6.45) is 0. The zero-order valence-electron chi connectivity index (χ0n) is 17.1. The van der Waals surface area contributed by atoms with Crippen LogP contribution in [0, 0.1) is 0 Å². The molecule has 1 amide bonds. The minimum absolute atomic E-state index is 0.0711. The Morgan fingerprint density at radius 3 is 2.29 bits per heavy atom. The lowest BCUT2D eigenvalue weighted by Crippen LogP contribution is -2.33. The van der Waals surface area contributed by atoms with Crippen molar-refractivity contribution >= 4 is 27.3 Å². The second-order valence-corrected chi connectivity index (χ2v) is 9.63. The summed E-state index contributed by atoms with van der Waals surface area (Å²) in [5.41, 5.74) is 1.27. The molecule has 0 aliphatic rings. The Morgan fingerprint density at radius 1 is 1.03 bits per heavy atom. The van der Waals surface area contributed by atoms with Crippen LogP contribution >= 0.6 is 11.6 Å². The third-order valence-electron chi connectivity index (χ3n) is 4.67. The fourth-order valence-corrected chi connectivity index (χ4v) is 4.15. The van der Waals surface area contributed by atoms with Crippen molar-refractivity contribution in [1.29, 1.82) is 0 Å². The predicted molar refractivity (Wildman–Crippen MR) is 118 cm³/mol. The molecule has 0 saturated heterocycles. The van der Waals surface area contributed by atoms with Crippen LogP contribution in [-0.2, 0) is 27.7 Å². The molecule has 3 aromatic rings. The van der Waals surface area contributed by atoms with Gasteiger partial charge in [0.1, 0.15) is 6.54 Å². The monoisotopic (exact) mass is 459 g/mol. The Balaban J connectivity index is 1.76. The van der Waals surface area contributed by atoms with Crippen molar-refractivity contribution in [2.24, 2.45) is 0 Å². The van der Waals surface area contributed by atoms with Crippen molar-refractivity contribution in [3.8, 4) is 0 Å². The zero-order chi connectivity index (χ0) is 22.6. The molecule has 0 aliphatic carbocycles. The van der Waals surface area contributed by atoms with E-state index < -0.39 is 27.8 Å². The van der Waals surface area contributed by atoms with Crippen molar-refractivity contribution in [3.05, 3.63) is 87.2 Å². The Hall–Kier alpha value is -2.97. The van der Waals surface area contributed by atoms with Gasteiger partial charge >= 0.3 is 0 Å². The number of nitrogens with zero attached hydrogens (tertiary/aromatic N) is 2. The first-order valence-electron chi connectivity index (χ1n) is 9.61. The van der Waals surface area contributed by atoms with Gasteiger partial charge in [-0.2, -0.15) is 5.10 Å². The van der Waals surface area contributed by atoms with E-state index in [0.717, 1.165) is 27.9 Å². The number of sulfone groups is 1. The van der Waals surface area contributed by atoms with Crippen LogP contribution in [0.4, 0.5) is 0 Å². The van der Waals surface area contributed by atoms with Crippen LogP contribution in [0.1, 0.15) is 30.9 Å². The lowest BCUT2D eigenvalue weighted by molar-refractivity contribution is -0.122. The summed E-state index contributed by atoms with van der Waals surface area (Å²) in [6, 6.07) is 15.7. The van der Waals surface area contributed by atoms with Gasteiger partial charge in [-0.05, 0) is 47.4 Å². The fourth-order valence-electron chi connectivity index (χ4n) is 2.83. The largest absolute Gasteiger partial charge is 0.350 e. The third kappa shape index (κ3) is 5.59. The van der Waals surface area contributed by atoms with Crippen LogP contribution in [-0.4, -0.2) is 24.1 Å². The lowest BCUT2D eigenvalue weighted by Gasteiger charge is -2.10. The van der Waals surface area contributed by atoms with E-state index in [9.17, 15) is 18.0 Å². The van der Waals surface area contributed by atoms with Gasteiger partial charge in [0, 0.05) is 17.6 Å². The molecule has 31 heavy (non-hydrogen) atoms. The van der Waals surface area contributed by atoms with E-state index in [0.29, 0.717) is 5.02 Å². The van der Waals surface area contributed by atoms with Crippen molar-refractivity contribution < 1.29 is 13.2 Å². The molecule has 0 bridgehead atoms. The first-order valence-corrected chi connectivity index (χ1v) is 11.5. The quantitative estimate of drug-likeness (QED) is 0.585. The number of halogens is 1. The van der Waals surface area contributed by atoms with Gasteiger partial charge in [0.2, 0.25) is 15.7 Å². The average molecular weight is 460 g/mol. The molecular weight excluding hydrogens is 438 g/mol. The molecule has 7 nitrogen and oxygen atoms in total. The van der Waals surface area contributed by atoms with Crippen molar-refractivity contribution in [2.45, 2.75) is 42.8 Å². The number of amides is 1. The zero-order valence-corrected chi connectivity index (χ0v) is 18.7. The van der Waals surface area contributed by atoms with E-state index >= 15 is 0 Å². The fraction of sp³-hybridized carbons (Fsp3) is 0.227. The summed E-state index contributed by atoms with van der Waals surface area (Å²) >= 11 is 5.83. The molecule has 0 saturated carbocycles. The van der Waals surface area contributed by atoms with Crippen LogP contribution in [0.3, 0.4) is 0 Å². The highest BCUT2D eigenvalue weighted by molar-refractivity contribution is 7.91. The Morgan fingerprint density at radius 2 is 1.68 bits per heavy atom. The number of nitrogens with one attached hydrogen (secondary N) is 1. The number of aromatic nitrogens is 2. The Kier molecular flexibility index (Phi) is 6.92. The summed E-state index contributed by atoms with van der Waals surface area (Å²) in [6.45, 7) is 3.87. The summed E-state index contributed by atoms with van der Waals surface area (Å²) in [5.74, 6) is -0.205. The average Bonchev–Trinajstić information content (AvgIpc) is 2.75. The third-order valence-corrected chi connectivity index (χ3v) is 6.58. The molecule has 0 fully saturated rings. The highest BCUT2D eigenvalue weighted by Gasteiger charge is 2.21. The van der Waals surface area contributed by atoms with Crippen LogP contribution < -0.4 is 10.9 Å². The van der Waals surface area contributed by atoms with Crippen LogP contribution in [0.2, 0.25) is 5.02 Å². The maximum atomic E-state index is 12.9. The van der Waals surface area contributed by atoms with Crippen LogP contribution in [0.25, 0.3) is 0 Å². The van der Waals surface area contributed by atoms with Gasteiger partial charge < -0.3 is 5.32 Å². The normalized spacial score (nSPS) is 11.5. The standard InChI is InChI=1S/C22H22ClN3O4S/c1-15(2)17-5-9-19(10-6-17)31(29,30)21-11-12-22(28)26(25-21)14-20(27)24-13-16-3-7-18(23)8-4-16/h3-12,15H,13-14H2,1-2H3,(H,24,27). The number of benzene rings is 2. The molecule has 2 aromatic carbocycles. The molecule has 0 spiro atoms. The minimum Gasteiger partial charge on any atom is -0.350 e. The highest BCUT2D eigenvalue weighted by Crippen LogP contribution is 2.21. The minimum atomic E-state index is -3.93. The summed E-state index contributed by atoms with van der Waals surface area (Å²) in [5, 5.41) is 6.88. The summed E-state index contributed by atoms with van der Waals surface area (Å²) < 4.78 is 26.7. The first kappa shape index (κ1) is 22.7. The van der Waals surface area contributed by atoms with E-state index in [1.165, 1.54) is 12.1 Å². The maximum absolute atomic E-state index is 12.9. The lowest BCUT2D eigenvalue weighted by atomic mass is 10.0. The smallest absolute Gasteiger partial charge is 0.267 e. The van der Waals surface area contributed by atoms with E-state index in [2.05, 4.69) is 10.4 Å². The van der Waals surface area contributed by atoms with Gasteiger partial charge in [-0.1, -0.05) is 49.7 Å². The topological polar surface area (TPSA) is 98.1 Å². The van der Waals surface area contributed by atoms with E-state index in [1.54, 1.807) is 36.4 Å². The molecule has 1 N–H and O–H groups in total. The van der Waals surface area contributed by atoms with Gasteiger partial charge in [-0.3, -0.25) is 9.59 Å². The van der Waals surface area contributed by atoms with Gasteiger partial charge in [0.15, 0.2) is 5.03 Å². The van der Waals surface area contributed by atoms with Crippen LogP contribution in [0.15, 0.2) is 75.4 Å². The second-order valence-electron chi connectivity index (χ2n) is 7.30. The van der Waals surface area contributed by atoms with E-state index in [4.69, 9.17) is 11.6 Å². The number of carbonyl (C=O) groups excluding carboxylic acids is 1. The van der Waals surface area contributed by atoms with Gasteiger partial charge in [-0.25, -0.2) is 13.1 Å². The molecule has 0 aliphatic heterocycles. The molecule has 1 heterocycles. The van der Waals surface area contributed by atoms with E-state index in [1.807, 2.05) is 13.8 Å². The molecule has 1 aromatic heterocycles. The number of rotatable bonds is 7. The molecule has 3 rings (SSSR count). The number of hydrogen-bond donors (Lipinski definition) is 1. The van der Waals surface area contributed by atoms with Crippen LogP contribution in [0.5, 0.6) is 0 Å². The second kappa shape index (κ2) is 9.45. The Bertz CT molecular complexity index is 1230. The molecular formula is C22H22ClN3O4S. The van der Waals surface area contributed by atoms with Gasteiger partial charge in [-0.15, -0.1) is 0 Å². The SMILES string of the molecule is CC(C)c1ccc(S(=O)(=O)c2ccc(=O)n(CC(=O)NCc3ccc(Cl)cc3)n2)cc1. The maximum Gasteiger partial charge on any atom is 0.267 e. The van der Waals surface area contributed by atoms with Gasteiger partial charge in [0.25, 0.3) is 5.56 Å². The molecule has 0 unspecified atom stereocenters. The molecule has 9 heteroatoms. The van der Waals surface area contributed by atoms with Crippen molar-refractivity contribution in [3.63, 3.8) is 0 Å². The van der Waals surface area contributed by atoms with Crippen molar-refractivity contribution in [2.75, 3.05) is 0 Å². The molecule has 162 valence electrons. The number of carbonyl (C=O) groups is 1. The predicted octanol–water partition coefficient (Wildman–Crippen LogP) is 3.17. The highest BCUT2D eigenvalue weighted by atomic mass is 35.5. The molecule has 0 radical (unpaired) electrons. The van der Waals surface area contributed by atoms with Gasteiger partial charge in [0.05, 0.1) is 4.90 Å². The summed E-state index contributed by atoms with van der Waals surface area (Å²) in [7, 11) is -3.93. The van der Waals surface area contributed by atoms with Crippen molar-refractivity contribution in [1.82, 2.24) is 15.1 Å². The summed E-state index contributed by atoms with van der Waals surface area (Å²) in [4.78, 5) is 24.4. The van der Waals surface area contributed by atoms with E-state index in [-0.39, 0.29) is 22.4 Å². The molecule has 0 atom stereocenters. The first-order chi connectivity index (χ1) is 14.7.